The molecule has 0 spiro atoms. The summed E-state index contributed by atoms with van der Waals surface area (Å²) >= 11 is 0. The average molecular weight is 387 g/mol. The summed E-state index contributed by atoms with van der Waals surface area (Å²) in [4.78, 5) is 30.5. The molecule has 4 N–H and O–H groups in total. The number of aliphatic carboxylic acids is 3. The van der Waals surface area contributed by atoms with Crippen molar-refractivity contribution >= 4 is 17.9 Å². The minimum Gasteiger partial charge on any atom is -0.481 e. The Hall–Kier alpha value is -0.942. The molecule has 8 heteroatoms. The Morgan fingerprint density at radius 2 is 1.43 bits per heavy atom. The van der Waals surface area contributed by atoms with Gasteiger partial charge in [0.15, 0.2) is 6.10 Å². The molecule has 0 fully saturated rings. The van der Waals surface area contributed by atoms with Crippen molar-refractivity contribution < 1.29 is 55.9 Å². The molecule has 0 aromatic carbocycles. The SMILES string of the molecule is O=C(O)CC(C(=O)O)C(O)C(=O)O.[Pt]. The average Bonchev–Trinajstić information content (AvgIpc) is 1.97. The molecule has 0 aromatic heterocycles. The summed E-state index contributed by atoms with van der Waals surface area (Å²) in [5, 5.41) is 33.5. The largest absolute Gasteiger partial charge is 0.481 e. The van der Waals surface area contributed by atoms with E-state index in [1.807, 2.05) is 0 Å². The third-order valence-corrected chi connectivity index (χ3v) is 1.35. The molecular formula is C6H8O7Pt. The molecule has 7 nitrogen and oxygen atoms in total. The van der Waals surface area contributed by atoms with Crippen LogP contribution in [0, 0.1) is 5.92 Å². The second kappa shape index (κ2) is 6.50. The van der Waals surface area contributed by atoms with Crippen molar-refractivity contribution in [3.63, 3.8) is 0 Å². The van der Waals surface area contributed by atoms with Gasteiger partial charge in [0.1, 0.15) is 5.92 Å². The van der Waals surface area contributed by atoms with Crippen LogP contribution in [0.4, 0.5) is 0 Å². The van der Waals surface area contributed by atoms with Crippen LogP contribution in [0.1, 0.15) is 6.42 Å². The Bertz CT molecular complexity index is 238. The van der Waals surface area contributed by atoms with Gasteiger partial charge < -0.3 is 20.4 Å². The van der Waals surface area contributed by atoms with Crippen molar-refractivity contribution in [2.45, 2.75) is 12.5 Å². The van der Waals surface area contributed by atoms with Crippen LogP contribution < -0.4 is 0 Å². The summed E-state index contributed by atoms with van der Waals surface area (Å²) in [5.74, 6) is -6.71. The standard InChI is InChI=1S/C6H8O7.Pt/c7-3(8)1-2(5(10)11)4(9)6(12)13;/h2,4,9H,1H2,(H,7,8)(H,10,11)(H,12,13);. The van der Waals surface area contributed by atoms with E-state index in [0.717, 1.165) is 0 Å². The second-order valence-corrected chi connectivity index (χ2v) is 2.33. The first-order valence-electron chi connectivity index (χ1n) is 3.21. The van der Waals surface area contributed by atoms with E-state index >= 15 is 0 Å². The van der Waals surface area contributed by atoms with Gasteiger partial charge >= 0.3 is 17.9 Å². The van der Waals surface area contributed by atoms with Crippen molar-refractivity contribution in [2.75, 3.05) is 0 Å². The summed E-state index contributed by atoms with van der Waals surface area (Å²) in [7, 11) is 0. The van der Waals surface area contributed by atoms with Gasteiger partial charge in [-0.3, -0.25) is 9.59 Å². The van der Waals surface area contributed by atoms with Crippen LogP contribution >= 0.6 is 0 Å². The molecule has 0 aliphatic carbocycles. The third-order valence-electron chi connectivity index (χ3n) is 1.35. The number of hydrogen-bond donors (Lipinski definition) is 4. The van der Waals surface area contributed by atoms with E-state index in [1.54, 1.807) is 0 Å². The smallest absolute Gasteiger partial charge is 0.333 e. The van der Waals surface area contributed by atoms with E-state index in [1.165, 1.54) is 0 Å². The maximum Gasteiger partial charge on any atom is 0.333 e. The van der Waals surface area contributed by atoms with Crippen molar-refractivity contribution in [1.82, 2.24) is 0 Å². The summed E-state index contributed by atoms with van der Waals surface area (Å²) in [6, 6.07) is 0. The number of hydrogen-bond acceptors (Lipinski definition) is 4. The molecule has 2 atom stereocenters. The monoisotopic (exact) mass is 387 g/mol. The number of aliphatic hydroxyl groups is 1. The van der Waals surface area contributed by atoms with Crippen LogP contribution in [-0.4, -0.2) is 44.4 Å². The van der Waals surface area contributed by atoms with Crippen LogP contribution in [0.3, 0.4) is 0 Å². The molecule has 0 amide bonds. The predicted molar refractivity (Wildman–Crippen MR) is 37.0 cm³/mol. The van der Waals surface area contributed by atoms with Gasteiger partial charge in [0.2, 0.25) is 0 Å². The van der Waals surface area contributed by atoms with Gasteiger partial charge in [-0.1, -0.05) is 0 Å². The first-order chi connectivity index (χ1) is 5.86. The maximum atomic E-state index is 10.3. The molecule has 0 aromatic rings. The Morgan fingerprint density at radius 3 is 1.64 bits per heavy atom. The maximum absolute atomic E-state index is 10.3. The Balaban J connectivity index is 0. The Labute approximate surface area is 92.6 Å². The molecule has 2 unspecified atom stereocenters. The van der Waals surface area contributed by atoms with Gasteiger partial charge in [0.25, 0.3) is 0 Å². The predicted octanol–water partition coefficient (Wildman–Crippen LogP) is -1.40. The van der Waals surface area contributed by atoms with Crippen LogP contribution in [0.5, 0.6) is 0 Å². The fraction of sp³-hybridized carbons (Fsp3) is 0.500. The fourth-order valence-electron chi connectivity index (χ4n) is 0.694. The summed E-state index contributed by atoms with van der Waals surface area (Å²) in [6.07, 6.45) is -3.13. The van der Waals surface area contributed by atoms with Crippen molar-refractivity contribution in [2.24, 2.45) is 5.92 Å². The van der Waals surface area contributed by atoms with Gasteiger partial charge in [-0.05, 0) is 0 Å². The van der Waals surface area contributed by atoms with Gasteiger partial charge in [-0.25, -0.2) is 4.79 Å². The number of carbonyl (C=O) groups is 3. The molecule has 0 aliphatic rings. The van der Waals surface area contributed by atoms with Gasteiger partial charge in [0.05, 0.1) is 6.42 Å². The molecule has 14 heavy (non-hydrogen) atoms. The van der Waals surface area contributed by atoms with Gasteiger partial charge in [-0.15, -0.1) is 0 Å². The zero-order valence-electron chi connectivity index (χ0n) is 6.69. The normalized spacial score (nSPS) is 13.5. The second-order valence-electron chi connectivity index (χ2n) is 2.33. The van der Waals surface area contributed by atoms with E-state index in [0.29, 0.717) is 0 Å². The molecule has 0 bridgehead atoms. The molecule has 0 heterocycles. The van der Waals surface area contributed by atoms with Gasteiger partial charge in [-0.2, -0.15) is 0 Å². The zero-order chi connectivity index (χ0) is 10.6. The van der Waals surface area contributed by atoms with Crippen molar-refractivity contribution in [1.29, 1.82) is 0 Å². The molecule has 0 saturated carbocycles. The first kappa shape index (κ1) is 15.5. The molecular weight excluding hydrogens is 379 g/mol. The molecule has 0 aliphatic heterocycles. The van der Waals surface area contributed by atoms with Gasteiger partial charge in [0, 0.05) is 21.1 Å². The van der Waals surface area contributed by atoms with E-state index in [2.05, 4.69) is 0 Å². The molecule has 0 saturated heterocycles. The number of rotatable bonds is 5. The van der Waals surface area contributed by atoms with E-state index in [4.69, 9.17) is 20.4 Å². The Kier molecular flexibility index (Phi) is 7.21. The van der Waals surface area contributed by atoms with Crippen LogP contribution in [0.2, 0.25) is 0 Å². The van der Waals surface area contributed by atoms with Crippen molar-refractivity contribution in [3.05, 3.63) is 0 Å². The molecule has 0 rings (SSSR count). The van der Waals surface area contributed by atoms with Crippen LogP contribution in [0.15, 0.2) is 0 Å². The third kappa shape index (κ3) is 4.93. The summed E-state index contributed by atoms with van der Waals surface area (Å²) in [6.45, 7) is 0. The summed E-state index contributed by atoms with van der Waals surface area (Å²) in [5.41, 5.74) is 0. The number of carboxylic acids is 3. The topological polar surface area (TPSA) is 132 Å². The molecule has 0 radical (unpaired) electrons. The van der Waals surface area contributed by atoms with E-state index in [-0.39, 0.29) is 21.1 Å². The van der Waals surface area contributed by atoms with Crippen molar-refractivity contribution in [3.8, 4) is 0 Å². The Morgan fingerprint density at radius 1 is 1.00 bits per heavy atom. The zero-order valence-corrected chi connectivity index (χ0v) is 8.96. The molecule has 84 valence electrons. The van der Waals surface area contributed by atoms with Crippen LogP contribution in [-0.2, 0) is 35.4 Å². The first-order valence-corrected chi connectivity index (χ1v) is 3.21. The fourth-order valence-corrected chi connectivity index (χ4v) is 0.694. The van der Waals surface area contributed by atoms with E-state index in [9.17, 15) is 14.4 Å². The number of carboxylic acid groups (broad SMARTS) is 3. The van der Waals surface area contributed by atoms with E-state index < -0.39 is 36.4 Å². The van der Waals surface area contributed by atoms with Crippen LogP contribution in [0.25, 0.3) is 0 Å². The summed E-state index contributed by atoms with van der Waals surface area (Å²) < 4.78 is 0. The minimum atomic E-state index is -2.20. The minimum absolute atomic E-state index is 0. The quantitative estimate of drug-likeness (QED) is 0.456. The number of aliphatic hydroxyl groups excluding tert-OH is 1.